The highest BCUT2D eigenvalue weighted by molar-refractivity contribution is 5.09. The first-order chi connectivity index (χ1) is 9.04. The van der Waals surface area contributed by atoms with Crippen molar-refractivity contribution in [1.82, 2.24) is 5.32 Å². The minimum absolute atomic E-state index is 0.0633. The summed E-state index contributed by atoms with van der Waals surface area (Å²) in [5.41, 5.74) is -1.13. The smallest absolute Gasteiger partial charge is 0.357 e. The fourth-order valence-electron chi connectivity index (χ4n) is 2.26. The fraction of sp³-hybridized carbons (Fsp3) is 0.909. The monoisotopic (exact) mass is 304 g/mol. The van der Waals surface area contributed by atoms with Crippen molar-refractivity contribution < 1.29 is 31.1 Å². The summed E-state index contributed by atoms with van der Waals surface area (Å²) in [6.45, 7) is 0. The molecule has 116 valence electrons. The van der Waals surface area contributed by atoms with Gasteiger partial charge in [-0.25, -0.2) is 0 Å². The van der Waals surface area contributed by atoms with E-state index < -0.39 is 30.1 Å². The van der Waals surface area contributed by atoms with E-state index >= 15 is 0 Å². The molecule has 1 aliphatic rings. The van der Waals surface area contributed by atoms with E-state index in [0.29, 0.717) is 12.8 Å². The molecule has 1 aliphatic carbocycles. The molecule has 0 aromatic carbocycles. The van der Waals surface area contributed by atoms with E-state index in [9.17, 15) is 26.3 Å². The number of ether oxygens (including phenoxy) is 1. The molecule has 0 radical (unpaired) electrons. The number of rotatable bonds is 3. The highest BCUT2D eigenvalue weighted by Gasteiger charge is 2.59. The zero-order valence-electron chi connectivity index (χ0n) is 10.6. The molecule has 1 saturated carbocycles. The van der Waals surface area contributed by atoms with Crippen LogP contribution in [0, 0.1) is 11.3 Å². The summed E-state index contributed by atoms with van der Waals surface area (Å²) in [5, 5.41) is 11.6. The maximum atomic E-state index is 12.4. The van der Waals surface area contributed by atoms with Crippen molar-refractivity contribution in [3.63, 3.8) is 0 Å². The van der Waals surface area contributed by atoms with Gasteiger partial charge in [-0.15, -0.1) is 0 Å². The second-order valence-electron chi connectivity index (χ2n) is 4.76. The third-order valence-corrected chi connectivity index (χ3v) is 3.32. The van der Waals surface area contributed by atoms with Crippen molar-refractivity contribution in [2.75, 3.05) is 7.05 Å². The van der Waals surface area contributed by atoms with Crippen LogP contribution in [0.2, 0.25) is 0 Å². The highest BCUT2D eigenvalue weighted by atomic mass is 19.4. The molecule has 0 saturated heterocycles. The number of halogens is 6. The summed E-state index contributed by atoms with van der Waals surface area (Å²) in [4.78, 5) is 0. The van der Waals surface area contributed by atoms with Crippen molar-refractivity contribution >= 4 is 0 Å². The third kappa shape index (κ3) is 3.99. The van der Waals surface area contributed by atoms with Crippen LogP contribution < -0.4 is 5.32 Å². The minimum Gasteiger partial charge on any atom is -0.357 e. The lowest BCUT2D eigenvalue weighted by molar-refractivity contribution is -0.333. The van der Waals surface area contributed by atoms with Crippen LogP contribution in [0.5, 0.6) is 0 Å². The van der Waals surface area contributed by atoms with E-state index in [1.54, 1.807) is 0 Å². The lowest BCUT2D eigenvalue weighted by Gasteiger charge is -2.37. The molecule has 1 N–H and O–H groups in total. The summed E-state index contributed by atoms with van der Waals surface area (Å²) < 4.78 is 78.6. The highest BCUT2D eigenvalue weighted by Crippen LogP contribution is 2.39. The average molecular weight is 304 g/mol. The normalized spacial score (nSPS) is 28.4. The van der Waals surface area contributed by atoms with E-state index in [1.807, 2.05) is 6.07 Å². The van der Waals surface area contributed by atoms with Gasteiger partial charge in [0.2, 0.25) is 6.10 Å². The van der Waals surface area contributed by atoms with Gasteiger partial charge in [-0.3, -0.25) is 0 Å². The third-order valence-electron chi connectivity index (χ3n) is 3.32. The molecule has 9 heteroatoms. The van der Waals surface area contributed by atoms with Crippen LogP contribution >= 0.6 is 0 Å². The number of nitriles is 1. The summed E-state index contributed by atoms with van der Waals surface area (Å²) in [6.07, 6.45) is -15.6. The van der Waals surface area contributed by atoms with Gasteiger partial charge >= 0.3 is 12.4 Å². The molecule has 0 aromatic heterocycles. The Labute approximate surface area is 111 Å². The summed E-state index contributed by atoms with van der Waals surface area (Å²) in [6, 6.07) is 1.89. The first-order valence-electron chi connectivity index (χ1n) is 5.93. The number of alkyl halides is 6. The van der Waals surface area contributed by atoms with E-state index in [1.165, 1.54) is 7.05 Å². The van der Waals surface area contributed by atoms with Gasteiger partial charge in [0, 0.05) is 6.42 Å². The zero-order valence-corrected chi connectivity index (χ0v) is 10.6. The van der Waals surface area contributed by atoms with Crippen LogP contribution in [0.3, 0.4) is 0 Å². The number of nitrogens with zero attached hydrogens (tertiary/aromatic N) is 1. The Morgan fingerprint density at radius 3 is 2.20 bits per heavy atom. The molecule has 2 atom stereocenters. The minimum atomic E-state index is -5.52. The second-order valence-corrected chi connectivity index (χ2v) is 4.76. The SMILES string of the molecule is CNC1(C#N)CCCC(OC(C(F)(F)F)C(F)(F)F)C1. The summed E-state index contributed by atoms with van der Waals surface area (Å²) in [7, 11) is 1.44. The average Bonchev–Trinajstić information content (AvgIpc) is 2.33. The Morgan fingerprint density at radius 2 is 1.80 bits per heavy atom. The fourth-order valence-corrected chi connectivity index (χ4v) is 2.26. The van der Waals surface area contributed by atoms with Crippen molar-refractivity contribution in [3.05, 3.63) is 0 Å². The van der Waals surface area contributed by atoms with Crippen molar-refractivity contribution in [2.45, 2.75) is 55.8 Å². The van der Waals surface area contributed by atoms with Crippen LogP contribution in [-0.2, 0) is 4.74 Å². The Balaban J connectivity index is 2.83. The van der Waals surface area contributed by atoms with Crippen LogP contribution in [0.25, 0.3) is 0 Å². The molecule has 0 aliphatic heterocycles. The molecule has 20 heavy (non-hydrogen) atoms. The maximum Gasteiger partial charge on any atom is 0.423 e. The Hall–Kier alpha value is -1.01. The number of nitrogens with one attached hydrogen (secondary N) is 1. The van der Waals surface area contributed by atoms with Gasteiger partial charge in [-0.05, 0) is 26.3 Å². The number of hydrogen-bond donors (Lipinski definition) is 1. The molecule has 0 aromatic rings. The van der Waals surface area contributed by atoms with Crippen molar-refractivity contribution in [1.29, 1.82) is 5.26 Å². The summed E-state index contributed by atoms with van der Waals surface area (Å²) >= 11 is 0. The topological polar surface area (TPSA) is 45.0 Å². The summed E-state index contributed by atoms with van der Waals surface area (Å²) in [5.74, 6) is 0. The predicted octanol–water partition coefficient (Wildman–Crippen LogP) is 2.92. The molecule has 0 amide bonds. The first-order valence-corrected chi connectivity index (χ1v) is 5.93. The van der Waals surface area contributed by atoms with Crippen molar-refractivity contribution in [2.24, 2.45) is 0 Å². The van der Waals surface area contributed by atoms with Crippen LogP contribution in [-0.4, -0.2) is 37.1 Å². The van der Waals surface area contributed by atoms with Gasteiger partial charge in [0.25, 0.3) is 0 Å². The maximum absolute atomic E-state index is 12.4. The van der Waals surface area contributed by atoms with Gasteiger partial charge in [0.1, 0.15) is 5.54 Å². The molecular weight excluding hydrogens is 290 g/mol. The Morgan fingerprint density at radius 1 is 1.25 bits per heavy atom. The Kier molecular flexibility index (Phi) is 4.92. The largest absolute Gasteiger partial charge is 0.423 e. The van der Waals surface area contributed by atoms with Gasteiger partial charge in [-0.2, -0.15) is 31.6 Å². The molecule has 0 heterocycles. The molecule has 1 rings (SSSR count). The molecule has 0 spiro atoms. The quantitative estimate of drug-likeness (QED) is 0.815. The predicted molar refractivity (Wildman–Crippen MR) is 56.6 cm³/mol. The van der Waals surface area contributed by atoms with E-state index in [2.05, 4.69) is 10.1 Å². The van der Waals surface area contributed by atoms with Crippen molar-refractivity contribution in [3.8, 4) is 6.07 Å². The van der Waals surface area contributed by atoms with Gasteiger partial charge in [0.05, 0.1) is 12.2 Å². The number of hydrogen-bond acceptors (Lipinski definition) is 3. The lowest BCUT2D eigenvalue weighted by Crippen LogP contribution is -2.51. The van der Waals surface area contributed by atoms with Gasteiger partial charge < -0.3 is 10.1 Å². The molecular formula is C11H14F6N2O. The van der Waals surface area contributed by atoms with Gasteiger partial charge in [0.15, 0.2) is 0 Å². The van der Waals surface area contributed by atoms with E-state index in [4.69, 9.17) is 5.26 Å². The molecule has 2 unspecified atom stereocenters. The van der Waals surface area contributed by atoms with Crippen LogP contribution in [0.4, 0.5) is 26.3 Å². The van der Waals surface area contributed by atoms with Gasteiger partial charge in [-0.1, -0.05) is 0 Å². The molecule has 3 nitrogen and oxygen atoms in total. The van der Waals surface area contributed by atoms with Crippen LogP contribution in [0.15, 0.2) is 0 Å². The van der Waals surface area contributed by atoms with E-state index in [0.717, 1.165) is 0 Å². The standard InChI is InChI=1S/C11H14F6N2O/c1-19-9(6-18)4-2-3-7(5-9)20-8(10(12,13)14)11(15,16)17/h7-8,19H,2-5H2,1H3. The first kappa shape index (κ1) is 17.0. The van der Waals surface area contributed by atoms with E-state index in [-0.39, 0.29) is 12.8 Å². The Bertz CT molecular complexity index is 361. The zero-order chi connectivity index (χ0) is 15.6. The lowest BCUT2D eigenvalue weighted by atomic mass is 9.81. The molecule has 0 bridgehead atoms. The molecule has 1 fully saturated rings. The van der Waals surface area contributed by atoms with Crippen LogP contribution in [0.1, 0.15) is 25.7 Å². The second kappa shape index (κ2) is 5.77.